The molecule has 0 saturated carbocycles. The van der Waals surface area contributed by atoms with Crippen molar-refractivity contribution in [1.29, 1.82) is 0 Å². The standard InChI is InChI=1S/C37H56N4O17/c42-31-5-4-30(35(46)40-31)41-36(47)28-2-1-3-29(34(28)37(41)48)38-6-8-49-10-12-51-14-16-53-18-20-55-22-24-57-25-23-56-21-19-54-17-15-52-13-11-50-9-7-39-32(43)26-58-27-33(44)45/h1-3,30,38H,4-27H2,(H,39,43)(H,44,45)(H,40,42,46). The number of fused-ring (bicyclic) bond motifs is 1. The number of carbonyl (C=O) groups is 6. The Labute approximate surface area is 336 Å². The predicted molar refractivity (Wildman–Crippen MR) is 200 cm³/mol. The third-order valence-electron chi connectivity index (χ3n) is 8.03. The van der Waals surface area contributed by atoms with Gasteiger partial charge in [0.2, 0.25) is 17.7 Å². The number of hydrogen-bond acceptors (Lipinski definition) is 17. The summed E-state index contributed by atoms with van der Waals surface area (Å²) in [4.78, 5) is 72.5. The maximum atomic E-state index is 13.2. The van der Waals surface area contributed by atoms with E-state index in [9.17, 15) is 28.8 Å². The summed E-state index contributed by atoms with van der Waals surface area (Å²) >= 11 is 0. The van der Waals surface area contributed by atoms with Gasteiger partial charge in [-0.05, 0) is 18.6 Å². The Kier molecular flexibility index (Phi) is 24.9. The molecule has 2 heterocycles. The molecule has 21 nitrogen and oxygen atoms in total. The first-order valence-corrected chi connectivity index (χ1v) is 19.1. The second-order valence-electron chi connectivity index (χ2n) is 12.3. The highest BCUT2D eigenvalue weighted by Crippen LogP contribution is 2.32. The Morgan fingerprint density at radius 1 is 0.621 bits per heavy atom. The minimum absolute atomic E-state index is 0.0579. The number of carboxylic acid groups (broad SMARTS) is 1. The molecular formula is C37H56N4O17. The topological polar surface area (TPSA) is 254 Å². The number of nitrogens with one attached hydrogen (secondary N) is 3. The minimum atomic E-state index is -1.13. The van der Waals surface area contributed by atoms with Crippen LogP contribution in [0.5, 0.6) is 0 Å². The first-order chi connectivity index (χ1) is 28.3. The fraction of sp³-hybridized carbons (Fsp3) is 0.676. The summed E-state index contributed by atoms with van der Waals surface area (Å²) in [6.45, 7) is 7.04. The van der Waals surface area contributed by atoms with Crippen LogP contribution in [-0.2, 0) is 66.5 Å². The van der Waals surface area contributed by atoms with Gasteiger partial charge in [0.1, 0.15) is 19.3 Å². The molecule has 21 heteroatoms. The largest absolute Gasteiger partial charge is 0.480 e. The van der Waals surface area contributed by atoms with Crippen LogP contribution >= 0.6 is 0 Å². The number of aliphatic carboxylic acids is 1. The highest BCUT2D eigenvalue weighted by Gasteiger charge is 2.45. The Hall–Kier alpha value is -4.16. The maximum absolute atomic E-state index is 13.2. The van der Waals surface area contributed by atoms with Gasteiger partial charge in [-0.2, -0.15) is 0 Å². The van der Waals surface area contributed by atoms with E-state index in [2.05, 4.69) is 20.7 Å². The van der Waals surface area contributed by atoms with Crippen LogP contribution in [0, 0.1) is 0 Å². The van der Waals surface area contributed by atoms with Gasteiger partial charge in [-0.15, -0.1) is 0 Å². The number of benzene rings is 1. The summed E-state index contributed by atoms with van der Waals surface area (Å²) < 4.78 is 53.8. The fourth-order valence-corrected chi connectivity index (χ4v) is 5.33. The monoisotopic (exact) mass is 828 g/mol. The number of amides is 5. The number of piperidine rings is 1. The van der Waals surface area contributed by atoms with Crippen molar-refractivity contribution < 1.29 is 81.2 Å². The quantitative estimate of drug-likeness (QED) is 0.0461. The number of rotatable bonds is 36. The van der Waals surface area contributed by atoms with Crippen LogP contribution in [0.1, 0.15) is 33.6 Å². The zero-order valence-electron chi connectivity index (χ0n) is 32.7. The molecule has 1 unspecified atom stereocenters. The lowest BCUT2D eigenvalue weighted by molar-refractivity contribution is -0.143. The predicted octanol–water partition coefficient (Wildman–Crippen LogP) is -1.13. The maximum Gasteiger partial charge on any atom is 0.329 e. The Balaban J connectivity index is 0.999. The third-order valence-corrected chi connectivity index (χ3v) is 8.03. The van der Waals surface area contributed by atoms with Gasteiger partial charge in [0.25, 0.3) is 11.8 Å². The molecule has 0 aromatic heterocycles. The lowest BCUT2D eigenvalue weighted by Gasteiger charge is -2.27. The molecule has 0 bridgehead atoms. The number of imide groups is 2. The van der Waals surface area contributed by atoms with Gasteiger partial charge in [-0.25, -0.2) is 4.79 Å². The van der Waals surface area contributed by atoms with Gasteiger partial charge in [0.05, 0.1) is 130 Å². The molecule has 0 spiro atoms. The van der Waals surface area contributed by atoms with Gasteiger partial charge in [-0.3, -0.25) is 34.2 Å². The molecule has 2 aliphatic rings. The molecule has 4 N–H and O–H groups in total. The second kappa shape index (κ2) is 30.0. The molecule has 2 aliphatic heterocycles. The number of carbonyl (C=O) groups excluding carboxylic acids is 5. The molecule has 5 amide bonds. The van der Waals surface area contributed by atoms with Gasteiger partial charge < -0.3 is 63.1 Å². The van der Waals surface area contributed by atoms with Crippen LogP contribution in [0.4, 0.5) is 5.69 Å². The number of ether oxygens (including phenoxy) is 10. The van der Waals surface area contributed by atoms with Gasteiger partial charge in [-0.1, -0.05) is 6.07 Å². The number of hydrogen-bond donors (Lipinski definition) is 4. The number of nitrogens with zero attached hydrogens (tertiary/aromatic N) is 1. The van der Waals surface area contributed by atoms with Crippen LogP contribution in [0.3, 0.4) is 0 Å². The van der Waals surface area contributed by atoms with Crippen LogP contribution in [0.15, 0.2) is 18.2 Å². The van der Waals surface area contributed by atoms with E-state index in [1.807, 2.05) is 0 Å². The van der Waals surface area contributed by atoms with E-state index < -0.39 is 48.2 Å². The highest BCUT2D eigenvalue weighted by molar-refractivity contribution is 6.25. The van der Waals surface area contributed by atoms with Crippen molar-refractivity contribution in [1.82, 2.24) is 15.5 Å². The smallest absolute Gasteiger partial charge is 0.329 e. The first kappa shape index (κ1) is 48.2. The van der Waals surface area contributed by atoms with Gasteiger partial charge in [0, 0.05) is 25.2 Å². The molecular weight excluding hydrogens is 772 g/mol. The molecule has 1 aromatic rings. The van der Waals surface area contributed by atoms with E-state index >= 15 is 0 Å². The lowest BCUT2D eigenvalue weighted by atomic mass is 10.0. The Bertz CT molecular complexity index is 1420. The molecule has 58 heavy (non-hydrogen) atoms. The van der Waals surface area contributed by atoms with Gasteiger partial charge in [0.15, 0.2) is 0 Å². The van der Waals surface area contributed by atoms with E-state index in [-0.39, 0.29) is 37.1 Å². The second-order valence-corrected chi connectivity index (χ2v) is 12.3. The molecule has 1 aromatic carbocycles. The lowest BCUT2D eigenvalue weighted by Crippen LogP contribution is -2.54. The summed E-state index contributed by atoms with van der Waals surface area (Å²) in [6, 6.07) is 3.87. The van der Waals surface area contributed by atoms with Crippen LogP contribution < -0.4 is 16.0 Å². The van der Waals surface area contributed by atoms with Crippen molar-refractivity contribution >= 4 is 41.2 Å². The van der Waals surface area contributed by atoms with Crippen molar-refractivity contribution in [3.63, 3.8) is 0 Å². The third kappa shape index (κ3) is 19.5. The fourth-order valence-electron chi connectivity index (χ4n) is 5.33. The zero-order valence-corrected chi connectivity index (χ0v) is 32.7. The van der Waals surface area contributed by atoms with Crippen molar-refractivity contribution in [3.05, 3.63) is 29.3 Å². The van der Waals surface area contributed by atoms with E-state index in [0.29, 0.717) is 131 Å². The average molecular weight is 829 g/mol. The summed E-state index contributed by atoms with van der Waals surface area (Å²) in [7, 11) is 0. The van der Waals surface area contributed by atoms with Crippen LogP contribution in [-0.4, -0.2) is 197 Å². The molecule has 1 atom stereocenters. The SMILES string of the molecule is O=C(O)COCC(=O)NCCOCCOCCOCCOCCOCCOCCOCCOCCOCCNc1cccc2c1C(=O)N(C1CCC(=O)NC1=O)C2=O. The Morgan fingerprint density at radius 3 is 1.55 bits per heavy atom. The Morgan fingerprint density at radius 2 is 1.09 bits per heavy atom. The number of carboxylic acids is 1. The average Bonchev–Trinajstić information content (AvgIpc) is 3.45. The van der Waals surface area contributed by atoms with Crippen LogP contribution in [0.25, 0.3) is 0 Å². The van der Waals surface area contributed by atoms with Gasteiger partial charge >= 0.3 is 5.97 Å². The number of anilines is 1. The molecule has 0 aliphatic carbocycles. The van der Waals surface area contributed by atoms with E-state index in [1.54, 1.807) is 18.2 Å². The normalized spacial score (nSPS) is 15.2. The minimum Gasteiger partial charge on any atom is -0.480 e. The zero-order chi connectivity index (χ0) is 41.6. The van der Waals surface area contributed by atoms with Crippen molar-refractivity contribution in [2.75, 3.05) is 151 Å². The van der Waals surface area contributed by atoms with Crippen molar-refractivity contribution in [3.8, 4) is 0 Å². The summed E-state index contributed by atoms with van der Waals surface area (Å²) in [5.74, 6) is -3.75. The summed E-state index contributed by atoms with van der Waals surface area (Å²) in [5.41, 5.74) is 0.878. The molecule has 326 valence electrons. The first-order valence-electron chi connectivity index (χ1n) is 19.1. The van der Waals surface area contributed by atoms with E-state index in [4.69, 9.17) is 47.7 Å². The summed E-state index contributed by atoms with van der Waals surface area (Å²) in [6.07, 6.45) is 0.153. The van der Waals surface area contributed by atoms with Crippen LogP contribution in [0.2, 0.25) is 0 Å². The molecule has 0 radical (unpaired) electrons. The molecule has 1 saturated heterocycles. The van der Waals surface area contributed by atoms with E-state index in [0.717, 1.165) is 4.90 Å². The molecule has 3 rings (SSSR count). The molecule has 1 fully saturated rings. The van der Waals surface area contributed by atoms with E-state index in [1.165, 1.54) is 0 Å². The summed E-state index contributed by atoms with van der Waals surface area (Å²) in [5, 5.41) is 16.3. The highest BCUT2D eigenvalue weighted by atomic mass is 16.6. The van der Waals surface area contributed by atoms with Crippen molar-refractivity contribution in [2.24, 2.45) is 0 Å². The van der Waals surface area contributed by atoms with Crippen molar-refractivity contribution in [2.45, 2.75) is 18.9 Å².